The SMILES string of the molecule is CC(C)SC1=Nc2ccccc2C1. The lowest BCUT2D eigenvalue weighted by Gasteiger charge is -2.01. The van der Waals surface area contributed by atoms with Gasteiger partial charge in [-0.25, -0.2) is 4.99 Å². The number of nitrogens with zero attached hydrogens (tertiary/aromatic N) is 1. The van der Waals surface area contributed by atoms with Crippen LogP contribution in [0.5, 0.6) is 0 Å². The standard InChI is InChI=1S/C11H13NS/c1-8(2)13-11-7-9-5-3-4-6-10(9)12-11/h3-6,8H,7H2,1-2H3. The summed E-state index contributed by atoms with van der Waals surface area (Å²) in [5.41, 5.74) is 2.52. The van der Waals surface area contributed by atoms with Gasteiger partial charge in [0.1, 0.15) is 0 Å². The summed E-state index contributed by atoms with van der Waals surface area (Å²) >= 11 is 1.87. The monoisotopic (exact) mass is 191 g/mol. The largest absolute Gasteiger partial charge is 0.246 e. The Bertz CT molecular complexity index is 342. The van der Waals surface area contributed by atoms with Gasteiger partial charge in [0.15, 0.2) is 0 Å². The molecular weight excluding hydrogens is 178 g/mol. The van der Waals surface area contributed by atoms with Gasteiger partial charge in [0.25, 0.3) is 0 Å². The molecule has 0 spiro atoms. The van der Waals surface area contributed by atoms with Gasteiger partial charge in [0.2, 0.25) is 0 Å². The normalized spacial score (nSPS) is 14.5. The maximum Gasteiger partial charge on any atom is 0.0785 e. The summed E-state index contributed by atoms with van der Waals surface area (Å²) in [6.07, 6.45) is 1.03. The Morgan fingerprint density at radius 3 is 2.77 bits per heavy atom. The lowest BCUT2D eigenvalue weighted by molar-refractivity contribution is 1.12. The van der Waals surface area contributed by atoms with Crippen LogP contribution in [0.25, 0.3) is 0 Å². The first-order valence-corrected chi connectivity index (χ1v) is 5.46. The van der Waals surface area contributed by atoms with Crippen LogP contribution in [0.2, 0.25) is 0 Å². The Labute approximate surface area is 83.3 Å². The van der Waals surface area contributed by atoms with E-state index >= 15 is 0 Å². The molecule has 2 heteroatoms. The highest BCUT2D eigenvalue weighted by Crippen LogP contribution is 2.30. The Morgan fingerprint density at radius 2 is 2.08 bits per heavy atom. The molecule has 0 fully saturated rings. The fourth-order valence-corrected chi connectivity index (χ4v) is 2.38. The zero-order chi connectivity index (χ0) is 9.26. The Morgan fingerprint density at radius 1 is 1.31 bits per heavy atom. The van der Waals surface area contributed by atoms with Crippen molar-refractivity contribution in [2.24, 2.45) is 4.99 Å². The van der Waals surface area contributed by atoms with Crippen LogP contribution in [-0.4, -0.2) is 10.3 Å². The van der Waals surface area contributed by atoms with Crippen LogP contribution in [0.1, 0.15) is 19.4 Å². The number of hydrogen-bond acceptors (Lipinski definition) is 2. The van der Waals surface area contributed by atoms with Crippen LogP contribution in [0.15, 0.2) is 29.3 Å². The van der Waals surface area contributed by atoms with E-state index in [1.807, 2.05) is 17.8 Å². The third kappa shape index (κ3) is 1.94. The van der Waals surface area contributed by atoms with Gasteiger partial charge in [-0.3, -0.25) is 0 Å². The third-order valence-corrected chi connectivity index (χ3v) is 2.93. The van der Waals surface area contributed by atoms with Gasteiger partial charge in [-0.15, -0.1) is 11.8 Å². The minimum Gasteiger partial charge on any atom is -0.246 e. The highest BCUT2D eigenvalue weighted by atomic mass is 32.2. The zero-order valence-corrected chi connectivity index (χ0v) is 8.77. The molecule has 1 aliphatic heterocycles. The average molecular weight is 191 g/mol. The van der Waals surface area contributed by atoms with Gasteiger partial charge < -0.3 is 0 Å². The van der Waals surface area contributed by atoms with Crippen molar-refractivity contribution in [3.63, 3.8) is 0 Å². The van der Waals surface area contributed by atoms with E-state index in [1.165, 1.54) is 10.6 Å². The topological polar surface area (TPSA) is 12.4 Å². The van der Waals surface area contributed by atoms with Crippen molar-refractivity contribution < 1.29 is 0 Å². The molecule has 0 saturated carbocycles. The summed E-state index contributed by atoms with van der Waals surface area (Å²) in [5, 5.41) is 1.89. The van der Waals surface area contributed by atoms with E-state index in [-0.39, 0.29) is 0 Å². The second kappa shape index (κ2) is 3.54. The molecule has 2 rings (SSSR count). The molecule has 1 heterocycles. The lowest BCUT2D eigenvalue weighted by atomic mass is 10.2. The first-order valence-electron chi connectivity index (χ1n) is 4.58. The van der Waals surface area contributed by atoms with Crippen molar-refractivity contribution in [1.29, 1.82) is 0 Å². The van der Waals surface area contributed by atoms with Crippen LogP contribution in [0.3, 0.4) is 0 Å². The lowest BCUT2D eigenvalue weighted by Crippen LogP contribution is -1.97. The van der Waals surface area contributed by atoms with Crippen molar-refractivity contribution in [2.75, 3.05) is 0 Å². The number of rotatable bonds is 1. The number of benzene rings is 1. The first-order chi connectivity index (χ1) is 6.25. The van der Waals surface area contributed by atoms with Gasteiger partial charge in [0.05, 0.1) is 10.7 Å². The molecule has 0 amide bonds. The molecule has 0 unspecified atom stereocenters. The molecule has 0 N–H and O–H groups in total. The van der Waals surface area contributed by atoms with Crippen molar-refractivity contribution in [1.82, 2.24) is 0 Å². The molecular formula is C11H13NS. The molecule has 0 radical (unpaired) electrons. The number of fused-ring (bicyclic) bond motifs is 1. The van der Waals surface area contributed by atoms with E-state index in [0.29, 0.717) is 5.25 Å². The molecule has 1 aliphatic rings. The van der Waals surface area contributed by atoms with E-state index in [2.05, 4.69) is 37.0 Å². The maximum atomic E-state index is 4.57. The second-order valence-corrected chi connectivity index (χ2v) is 5.13. The molecule has 1 aromatic rings. The molecule has 0 atom stereocenters. The second-order valence-electron chi connectivity index (χ2n) is 3.48. The predicted octanol–water partition coefficient (Wildman–Crippen LogP) is 3.41. The van der Waals surface area contributed by atoms with Gasteiger partial charge >= 0.3 is 0 Å². The van der Waals surface area contributed by atoms with Crippen LogP contribution >= 0.6 is 11.8 Å². The van der Waals surface area contributed by atoms with Crippen LogP contribution in [-0.2, 0) is 6.42 Å². The maximum absolute atomic E-state index is 4.57. The van der Waals surface area contributed by atoms with E-state index in [1.54, 1.807) is 0 Å². The van der Waals surface area contributed by atoms with Crippen molar-refractivity contribution in [3.8, 4) is 0 Å². The summed E-state index contributed by atoms with van der Waals surface area (Å²) in [5.74, 6) is 0. The highest BCUT2D eigenvalue weighted by molar-refractivity contribution is 8.14. The first kappa shape index (κ1) is 8.82. The molecule has 0 aromatic heterocycles. The van der Waals surface area contributed by atoms with Crippen molar-refractivity contribution >= 4 is 22.5 Å². The summed E-state index contributed by atoms with van der Waals surface area (Å²) in [6, 6.07) is 8.37. The van der Waals surface area contributed by atoms with Crippen molar-refractivity contribution in [3.05, 3.63) is 29.8 Å². The van der Waals surface area contributed by atoms with E-state index in [9.17, 15) is 0 Å². The third-order valence-electron chi connectivity index (χ3n) is 1.95. The predicted molar refractivity (Wildman–Crippen MR) is 60.0 cm³/mol. The zero-order valence-electron chi connectivity index (χ0n) is 7.95. The minimum atomic E-state index is 0.632. The smallest absolute Gasteiger partial charge is 0.0785 e. The summed E-state index contributed by atoms with van der Waals surface area (Å²) in [6.45, 7) is 4.41. The minimum absolute atomic E-state index is 0.632. The number of hydrogen-bond donors (Lipinski definition) is 0. The Hall–Kier alpha value is -0.760. The van der Waals surface area contributed by atoms with Gasteiger partial charge in [-0.05, 0) is 11.6 Å². The molecule has 0 aliphatic carbocycles. The average Bonchev–Trinajstić information content (AvgIpc) is 2.44. The molecule has 1 aromatic carbocycles. The van der Waals surface area contributed by atoms with Crippen molar-refractivity contribution in [2.45, 2.75) is 25.5 Å². The summed E-state index contributed by atoms with van der Waals surface area (Å²) < 4.78 is 0. The number of para-hydroxylation sites is 1. The molecule has 68 valence electrons. The van der Waals surface area contributed by atoms with E-state index in [0.717, 1.165) is 12.1 Å². The van der Waals surface area contributed by atoms with E-state index < -0.39 is 0 Å². The highest BCUT2D eigenvalue weighted by Gasteiger charge is 2.14. The molecule has 1 nitrogen and oxygen atoms in total. The Kier molecular flexibility index (Phi) is 2.40. The van der Waals surface area contributed by atoms with Gasteiger partial charge in [-0.2, -0.15) is 0 Å². The van der Waals surface area contributed by atoms with Crippen LogP contribution < -0.4 is 0 Å². The summed E-state index contributed by atoms with van der Waals surface area (Å²) in [7, 11) is 0. The van der Waals surface area contributed by atoms with Crippen LogP contribution in [0.4, 0.5) is 5.69 Å². The number of aliphatic imine (C=N–C) groups is 1. The quantitative estimate of drug-likeness (QED) is 0.662. The van der Waals surface area contributed by atoms with Crippen LogP contribution in [0, 0.1) is 0 Å². The molecule has 13 heavy (non-hydrogen) atoms. The Balaban J connectivity index is 2.17. The van der Waals surface area contributed by atoms with Gasteiger partial charge in [0, 0.05) is 11.7 Å². The summed E-state index contributed by atoms with van der Waals surface area (Å²) in [4.78, 5) is 4.57. The molecule has 0 bridgehead atoms. The number of thioether (sulfide) groups is 1. The fraction of sp³-hybridized carbons (Fsp3) is 0.364. The molecule has 0 saturated heterocycles. The fourth-order valence-electron chi connectivity index (χ4n) is 1.45. The van der Waals surface area contributed by atoms with E-state index in [4.69, 9.17) is 0 Å². The van der Waals surface area contributed by atoms with Gasteiger partial charge in [-0.1, -0.05) is 32.0 Å².